The molecule has 62 valence electrons. The van der Waals surface area contributed by atoms with E-state index in [0.29, 0.717) is 0 Å². The van der Waals surface area contributed by atoms with Crippen LogP contribution in [-0.2, 0) is 0 Å². The highest BCUT2D eigenvalue weighted by molar-refractivity contribution is 5.53. The molecule has 0 radical (unpaired) electrons. The lowest BCUT2D eigenvalue weighted by molar-refractivity contribution is 1.48. The molecule has 12 heavy (non-hydrogen) atoms. The number of allylic oxidation sites excluding steroid dienone is 2. The van der Waals surface area contributed by atoms with Gasteiger partial charge in [0.2, 0.25) is 0 Å². The molecule has 0 bridgehead atoms. The monoisotopic (exact) mass is 158 g/mol. The van der Waals surface area contributed by atoms with Gasteiger partial charge in [0, 0.05) is 0 Å². The van der Waals surface area contributed by atoms with E-state index in [0.717, 1.165) is 5.22 Å². The van der Waals surface area contributed by atoms with Gasteiger partial charge in [0.25, 0.3) is 0 Å². The van der Waals surface area contributed by atoms with Crippen molar-refractivity contribution >= 4 is 12.2 Å². The van der Waals surface area contributed by atoms with Crippen LogP contribution in [0.15, 0.2) is 36.4 Å². The standard InChI is InChI=1S/C12H14/c1-4-7-10(2)12-9-6-5-8-11(12)3/h4-9H,3H2,1-2H3/b7-4-,12-10-. The smallest absolute Gasteiger partial charge is 0.0161 e. The lowest BCUT2D eigenvalue weighted by Gasteiger charge is -1.92. The third-order valence-electron chi connectivity index (χ3n) is 1.86. The van der Waals surface area contributed by atoms with Crippen LogP contribution in [0.25, 0.3) is 12.2 Å². The predicted octanol–water partition coefficient (Wildman–Crippen LogP) is 1.84. The molecule has 0 amide bonds. The first-order chi connectivity index (χ1) is 5.75. The number of rotatable bonds is 1. The first kappa shape index (κ1) is 8.79. The topological polar surface area (TPSA) is 0 Å². The molecule has 0 aliphatic heterocycles. The molecule has 0 nitrogen and oxygen atoms in total. The van der Waals surface area contributed by atoms with E-state index in [9.17, 15) is 0 Å². The molecular formula is C12H14. The minimum absolute atomic E-state index is 1.09. The normalized spacial score (nSPS) is 13.5. The van der Waals surface area contributed by atoms with Crippen molar-refractivity contribution in [1.29, 1.82) is 0 Å². The summed E-state index contributed by atoms with van der Waals surface area (Å²) in [5.41, 5.74) is 1.27. The highest BCUT2D eigenvalue weighted by Crippen LogP contribution is 1.90. The molecule has 0 saturated heterocycles. The van der Waals surface area contributed by atoms with Gasteiger partial charge in [-0.05, 0) is 29.9 Å². The Hall–Kier alpha value is -1.30. The fourth-order valence-corrected chi connectivity index (χ4v) is 1.24. The van der Waals surface area contributed by atoms with Gasteiger partial charge >= 0.3 is 0 Å². The molecule has 0 N–H and O–H groups in total. The van der Waals surface area contributed by atoms with E-state index in [1.54, 1.807) is 0 Å². The van der Waals surface area contributed by atoms with Crippen LogP contribution in [-0.4, -0.2) is 0 Å². The van der Waals surface area contributed by atoms with Crippen molar-refractivity contribution in [2.75, 3.05) is 0 Å². The van der Waals surface area contributed by atoms with Crippen molar-refractivity contribution in [3.63, 3.8) is 0 Å². The van der Waals surface area contributed by atoms with Gasteiger partial charge in [0.1, 0.15) is 0 Å². The molecule has 1 rings (SSSR count). The van der Waals surface area contributed by atoms with Gasteiger partial charge in [0.05, 0.1) is 0 Å². The van der Waals surface area contributed by atoms with Gasteiger partial charge in [-0.1, -0.05) is 43.0 Å². The molecular weight excluding hydrogens is 144 g/mol. The van der Waals surface area contributed by atoms with Gasteiger partial charge in [0.15, 0.2) is 0 Å². The average Bonchev–Trinajstić information content (AvgIpc) is 2.05. The molecule has 1 aromatic rings. The Kier molecular flexibility index (Phi) is 2.87. The summed E-state index contributed by atoms with van der Waals surface area (Å²) in [4.78, 5) is 0. The maximum atomic E-state index is 3.97. The Morgan fingerprint density at radius 1 is 1.33 bits per heavy atom. The minimum atomic E-state index is 1.09. The van der Waals surface area contributed by atoms with Crippen molar-refractivity contribution in [3.05, 3.63) is 46.9 Å². The van der Waals surface area contributed by atoms with Crippen LogP contribution in [0, 0.1) is 0 Å². The van der Waals surface area contributed by atoms with Gasteiger partial charge in [-0.2, -0.15) is 0 Å². The Balaban J connectivity index is 3.45. The SMILES string of the molecule is C=c1cccc/c1=C(C)/C=C\C. The molecule has 0 saturated carbocycles. The Morgan fingerprint density at radius 3 is 2.58 bits per heavy atom. The fraction of sp³-hybridized carbons (Fsp3) is 0.167. The maximum absolute atomic E-state index is 3.97. The summed E-state index contributed by atoms with van der Waals surface area (Å²) in [6.07, 6.45) is 4.14. The molecule has 0 aliphatic carbocycles. The molecule has 0 fully saturated rings. The van der Waals surface area contributed by atoms with Crippen molar-refractivity contribution in [2.24, 2.45) is 0 Å². The second kappa shape index (κ2) is 3.91. The molecule has 0 unspecified atom stereocenters. The third kappa shape index (κ3) is 1.85. The second-order valence-electron chi connectivity index (χ2n) is 2.84. The molecule has 0 heteroatoms. The predicted molar refractivity (Wildman–Crippen MR) is 55.1 cm³/mol. The van der Waals surface area contributed by atoms with Gasteiger partial charge in [-0.15, -0.1) is 0 Å². The molecule has 0 aliphatic rings. The zero-order valence-corrected chi connectivity index (χ0v) is 7.67. The van der Waals surface area contributed by atoms with Gasteiger partial charge < -0.3 is 0 Å². The first-order valence-corrected chi connectivity index (χ1v) is 4.13. The first-order valence-electron chi connectivity index (χ1n) is 4.13. The van der Waals surface area contributed by atoms with Crippen molar-refractivity contribution in [1.82, 2.24) is 0 Å². The molecule has 0 heterocycles. The van der Waals surface area contributed by atoms with E-state index in [4.69, 9.17) is 0 Å². The Labute approximate surface area is 73.6 Å². The second-order valence-corrected chi connectivity index (χ2v) is 2.84. The summed E-state index contributed by atoms with van der Waals surface area (Å²) < 4.78 is 0. The highest BCUT2D eigenvalue weighted by Gasteiger charge is 1.84. The molecule has 0 spiro atoms. The van der Waals surface area contributed by atoms with Crippen molar-refractivity contribution in [2.45, 2.75) is 13.8 Å². The Bertz CT molecular complexity index is 383. The number of hydrogen-bond acceptors (Lipinski definition) is 0. The maximum Gasteiger partial charge on any atom is -0.0161 e. The van der Waals surface area contributed by atoms with Crippen LogP contribution in [0.2, 0.25) is 0 Å². The summed E-state index contributed by atoms with van der Waals surface area (Å²) >= 11 is 0. The molecule has 0 aromatic heterocycles. The van der Waals surface area contributed by atoms with E-state index >= 15 is 0 Å². The van der Waals surface area contributed by atoms with E-state index < -0.39 is 0 Å². The quantitative estimate of drug-likeness (QED) is 0.585. The van der Waals surface area contributed by atoms with E-state index in [1.807, 2.05) is 31.2 Å². The van der Waals surface area contributed by atoms with Gasteiger partial charge in [-0.3, -0.25) is 0 Å². The van der Waals surface area contributed by atoms with E-state index in [2.05, 4.69) is 25.6 Å². The largest absolute Gasteiger partial charge is 0.0912 e. The van der Waals surface area contributed by atoms with Gasteiger partial charge in [-0.25, -0.2) is 0 Å². The van der Waals surface area contributed by atoms with Crippen LogP contribution >= 0.6 is 0 Å². The number of hydrogen-bond donors (Lipinski definition) is 0. The lowest BCUT2D eigenvalue weighted by Crippen LogP contribution is -2.23. The van der Waals surface area contributed by atoms with Crippen LogP contribution in [0.3, 0.4) is 0 Å². The zero-order valence-electron chi connectivity index (χ0n) is 7.67. The minimum Gasteiger partial charge on any atom is -0.0912 e. The fourth-order valence-electron chi connectivity index (χ4n) is 1.24. The summed E-state index contributed by atoms with van der Waals surface area (Å²) in [6.45, 7) is 8.09. The summed E-state index contributed by atoms with van der Waals surface area (Å²) in [6, 6.07) is 8.17. The number of benzene rings is 1. The summed E-state index contributed by atoms with van der Waals surface area (Å²) in [5, 5.41) is 2.32. The van der Waals surface area contributed by atoms with E-state index in [1.165, 1.54) is 10.8 Å². The summed E-state index contributed by atoms with van der Waals surface area (Å²) in [5.74, 6) is 0. The molecule has 1 aromatic carbocycles. The molecule has 0 atom stereocenters. The zero-order chi connectivity index (χ0) is 8.97. The van der Waals surface area contributed by atoms with Crippen LogP contribution in [0.1, 0.15) is 13.8 Å². The van der Waals surface area contributed by atoms with Crippen LogP contribution < -0.4 is 10.4 Å². The van der Waals surface area contributed by atoms with Crippen LogP contribution in [0.5, 0.6) is 0 Å². The van der Waals surface area contributed by atoms with Crippen molar-refractivity contribution < 1.29 is 0 Å². The van der Waals surface area contributed by atoms with Crippen LogP contribution in [0.4, 0.5) is 0 Å². The summed E-state index contributed by atoms with van der Waals surface area (Å²) in [7, 11) is 0. The lowest BCUT2D eigenvalue weighted by atomic mass is 10.1. The van der Waals surface area contributed by atoms with E-state index in [-0.39, 0.29) is 0 Å². The third-order valence-corrected chi connectivity index (χ3v) is 1.86. The Morgan fingerprint density at radius 2 is 2.00 bits per heavy atom. The average molecular weight is 158 g/mol. The highest BCUT2D eigenvalue weighted by atomic mass is 13.9. The van der Waals surface area contributed by atoms with Crippen molar-refractivity contribution in [3.8, 4) is 0 Å².